The number of rotatable bonds is 4. The smallest absolute Gasteiger partial charge is 0.314 e. The molecule has 0 radical (unpaired) electrons. The van der Waals surface area contributed by atoms with Crippen LogP contribution in [-0.2, 0) is 6.54 Å². The minimum Gasteiger partial charge on any atom is -0.450 e. The summed E-state index contributed by atoms with van der Waals surface area (Å²) in [6.07, 6.45) is 0. The van der Waals surface area contributed by atoms with Gasteiger partial charge in [0.25, 0.3) is 0 Å². The number of benzene rings is 2. The highest BCUT2D eigenvalue weighted by Crippen LogP contribution is 2.34. The topological polar surface area (TPSA) is 78.4 Å². The van der Waals surface area contributed by atoms with Gasteiger partial charge < -0.3 is 10.5 Å². The van der Waals surface area contributed by atoms with E-state index >= 15 is 0 Å². The third-order valence-corrected chi connectivity index (χ3v) is 2.82. The van der Waals surface area contributed by atoms with Gasteiger partial charge in [0.1, 0.15) is 11.6 Å². The molecule has 0 saturated heterocycles. The van der Waals surface area contributed by atoms with E-state index in [1.54, 1.807) is 18.2 Å². The van der Waals surface area contributed by atoms with E-state index in [9.17, 15) is 14.5 Å². The first-order valence-corrected chi connectivity index (χ1v) is 5.99. The lowest BCUT2D eigenvalue weighted by Gasteiger charge is -2.10. The first-order valence-electron chi connectivity index (χ1n) is 5.61. The molecular formula is C13H10ClFN2O3. The lowest BCUT2D eigenvalue weighted by molar-refractivity contribution is -0.385. The predicted molar refractivity (Wildman–Crippen MR) is 72.5 cm³/mol. The molecule has 7 heteroatoms. The summed E-state index contributed by atoms with van der Waals surface area (Å²) in [4.78, 5) is 10.2. The quantitative estimate of drug-likeness (QED) is 0.690. The molecule has 0 aliphatic carbocycles. The number of halogens is 2. The molecule has 0 saturated carbocycles. The normalized spacial score (nSPS) is 10.3. The van der Waals surface area contributed by atoms with Crippen LogP contribution >= 0.6 is 11.6 Å². The van der Waals surface area contributed by atoms with E-state index in [2.05, 4.69) is 0 Å². The monoisotopic (exact) mass is 296 g/mol. The molecule has 0 heterocycles. The van der Waals surface area contributed by atoms with Crippen LogP contribution in [0.1, 0.15) is 5.56 Å². The van der Waals surface area contributed by atoms with Crippen molar-refractivity contribution in [1.29, 1.82) is 0 Å². The van der Waals surface area contributed by atoms with Crippen molar-refractivity contribution in [3.8, 4) is 11.5 Å². The summed E-state index contributed by atoms with van der Waals surface area (Å²) in [5.41, 5.74) is 5.70. The van der Waals surface area contributed by atoms with Gasteiger partial charge in [-0.2, -0.15) is 0 Å². The van der Waals surface area contributed by atoms with Crippen LogP contribution in [0.2, 0.25) is 5.02 Å². The molecule has 2 rings (SSSR count). The maximum absolute atomic E-state index is 13.0. The number of nitrogens with zero attached hydrogens (tertiary/aromatic N) is 1. The minimum atomic E-state index is -0.712. The highest BCUT2D eigenvalue weighted by atomic mass is 35.5. The van der Waals surface area contributed by atoms with Crippen LogP contribution in [0, 0.1) is 15.9 Å². The minimum absolute atomic E-state index is 0.0616. The Hall–Kier alpha value is -2.18. The Morgan fingerprint density at radius 2 is 1.95 bits per heavy atom. The van der Waals surface area contributed by atoms with Gasteiger partial charge in [-0.25, -0.2) is 4.39 Å². The van der Waals surface area contributed by atoms with Crippen LogP contribution in [0.5, 0.6) is 11.5 Å². The summed E-state index contributed by atoms with van der Waals surface area (Å²) >= 11 is 5.83. The van der Waals surface area contributed by atoms with Gasteiger partial charge in [-0.15, -0.1) is 0 Å². The Balaban J connectivity index is 2.42. The van der Waals surface area contributed by atoms with Crippen molar-refractivity contribution >= 4 is 17.3 Å². The molecule has 0 fully saturated rings. The van der Waals surface area contributed by atoms with Crippen molar-refractivity contribution < 1.29 is 14.1 Å². The summed E-state index contributed by atoms with van der Waals surface area (Å²) in [5, 5.41) is 11.4. The lowest BCUT2D eigenvalue weighted by atomic mass is 10.2. The summed E-state index contributed by atoms with van der Waals surface area (Å²) < 4.78 is 18.5. The number of hydrogen-bond donors (Lipinski definition) is 1. The zero-order valence-corrected chi connectivity index (χ0v) is 10.9. The number of nitro benzene ring substituents is 1. The highest BCUT2D eigenvalue weighted by molar-refractivity contribution is 6.30. The third kappa shape index (κ3) is 3.04. The molecule has 20 heavy (non-hydrogen) atoms. The molecule has 5 nitrogen and oxygen atoms in total. The molecule has 2 N–H and O–H groups in total. The molecule has 0 atom stereocenters. The van der Waals surface area contributed by atoms with Crippen molar-refractivity contribution in [2.24, 2.45) is 5.73 Å². The second-order valence-electron chi connectivity index (χ2n) is 3.93. The van der Waals surface area contributed by atoms with Gasteiger partial charge in [-0.3, -0.25) is 10.1 Å². The average molecular weight is 297 g/mol. The fraction of sp³-hybridized carbons (Fsp3) is 0.0769. The van der Waals surface area contributed by atoms with Crippen LogP contribution in [0.15, 0.2) is 36.4 Å². The molecule has 0 bridgehead atoms. The average Bonchev–Trinajstić information content (AvgIpc) is 2.42. The molecule has 0 aromatic heterocycles. The van der Waals surface area contributed by atoms with E-state index in [1.165, 1.54) is 6.07 Å². The van der Waals surface area contributed by atoms with Crippen molar-refractivity contribution in [3.05, 3.63) is 62.9 Å². The van der Waals surface area contributed by atoms with Crippen LogP contribution in [0.4, 0.5) is 10.1 Å². The fourth-order valence-electron chi connectivity index (χ4n) is 1.65. The third-order valence-electron chi connectivity index (χ3n) is 2.58. The van der Waals surface area contributed by atoms with Crippen LogP contribution in [0.25, 0.3) is 0 Å². The van der Waals surface area contributed by atoms with Gasteiger partial charge >= 0.3 is 5.69 Å². The molecule has 0 aliphatic heterocycles. The highest BCUT2D eigenvalue weighted by Gasteiger charge is 2.18. The zero-order valence-electron chi connectivity index (χ0n) is 10.2. The molecule has 0 aliphatic rings. The summed E-state index contributed by atoms with van der Waals surface area (Å²) in [6, 6.07) is 7.81. The number of hydrogen-bond acceptors (Lipinski definition) is 4. The van der Waals surface area contributed by atoms with Crippen molar-refractivity contribution in [2.75, 3.05) is 0 Å². The second kappa shape index (κ2) is 5.85. The van der Waals surface area contributed by atoms with E-state index in [0.717, 1.165) is 12.1 Å². The molecule has 0 amide bonds. The van der Waals surface area contributed by atoms with E-state index in [1.807, 2.05) is 0 Å². The van der Waals surface area contributed by atoms with Gasteiger partial charge in [-0.05, 0) is 30.3 Å². The Labute approximate surface area is 118 Å². The molecule has 2 aromatic carbocycles. The molecule has 2 aromatic rings. The first kappa shape index (κ1) is 14.2. The Bertz CT molecular complexity index is 664. The Morgan fingerprint density at radius 1 is 1.25 bits per heavy atom. The first-order chi connectivity index (χ1) is 9.51. The molecular weight excluding hydrogens is 287 g/mol. The van der Waals surface area contributed by atoms with Crippen LogP contribution in [-0.4, -0.2) is 4.92 Å². The molecule has 104 valence electrons. The van der Waals surface area contributed by atoms with Crippen molar-refractivity contribution in [2.45, 2.75) is 6.54 Å². The number of nitrogens with two attached hydrogens (primary N) is 1. The maximum Gasteiger partial charge on any atom is 0.314 e. The summed E-state index contributed by atoms with van der Waals surface area (Å²) in [5.74, 6) is -0.431. The SMILES string of the molecule is NCc1cc(Cl)ccc1Oc1ccc(F)cc1[N+](=O)[O-]. The summed E-state index contributed by atoms with van der Waals surface area (Å²) in [6.45, 7) is 0.158. The van der Waals surface area contributed by atoms with Crippen molar-refractivity contribution in [1.82, 2.24) is 0 Å². The van der Waals surface area contributed by atoms with Gasteiger partial charge in [0.05, 0.1) is 11.0 Å². The van der Waals surface area contributed by atoms with Crippen LogP contribution in [0.3, 0.4) is 0 Å². The van der Waals surface area contributed by atoms with E-state index in [-0.39, 0.29) is 12.3 Å². The van der Waals surface area contributed by atoms with Crippen molar-refractivity contribution in [3.63, 3.8) is 0 Å². The fourth-order valence-corrected chi connectivity index (χ4v) is 1.84. The second-order valence-corrected chi connectivity index (χ2v) is 4.36. The largest absolute Gasteiger partial charge is 0.450 e. The Morgan fingerprint density at radius 3 is 2.60 bits per heavy atom. The van der Waals surface area contributed by atoms with Crippen LogP contribution < -0.4 is 10.5 Å². The molecule has 0 unspecified atom stereocenters. The Kier molecular flexibility index (Phi) is 4.16. The van der Waals surface area contributed by atoms with E-state index in [0.29, 0.717) is 16.3 Å². The van der Waals surface area contributed by atoms with Gasteiger partial charge in [0.15, 0.2) is 0 Å². The zero-order chi connectivity index (χ0) is 14.7. The summed E-state index contributed by atoms with van der Waals surface area (Å²) in [7, 11) is 0. The number of nitro groups is 1. The van der Waals surface area contributed by atoms with Gasteiger partial charge in [0, 0.05) is 17.1 Å². The van der Waals surface area contributed by atoms with Gasteiger partial charge in [-0.1, -0.05) is 11.6 Å². The molecule has 0 spiro atoms. The maximum atomic E-state index is 13.0. The van der Waals surface area contributed by atoms with E-state index < -0.39 is 16.4 Å². The standard InChI is InChI=1S/C13H10ClFN2O3/c14-9-1-3-12(8(5-9)7-16)20-13-4-2-10(15)6-11(13)17(18)19/h1-6H,7,16H2. The van der Waals surface area contributed by atoms with E-state index in [4.69, 9.17) is 22.1 Å². The predicted octanol–water partition coefficient (Wildman–Crippen LogP) is 3.64. The number of ether oxygens (including phenoxy) is 1. The van der Waals surface area contributed by atoms with Gasteiger partial charge in [0.2, 0.25) is 5.75 Å². The lowest BCUT2D eigenvalue weighted by Crippen LogP contribution is -2.01.